The average molecular weight is 180 g/mol. The van der Waals surface area contributed by atoms with Crippen LogP contribution in [0.4, 0.5) is 5.82 Å². The zero-order valence-electron chi connectivity index (χ0n) is 7.92. The van der Waals surface area contributed by atoms with Crippen LogP contribution in [0.15, 0.2) is 6.07 Å². The van der Waals surface area contributed by atoms with E-state index in [-0.39, 0.29) is 5.97 Å². The Morgan fingerprint density at radius 2 is 2.15 bits per heavy atom. The van der Waals surface area contributed by atoms with Gasteiger partial charge in [-0.25, -0.2) is 9.78 Å². The molecule has 0 aliphatic heterocycles. The van der Waals surface area contributed by atoms with Gasteiger partial charge in [-0.2, -0.15) is 0 Å². The molecule has 1 aromatic heterocycles. The van der Waals surface area contributed by atoms with Gasteiger partial charge in [-0.05, 0) is 25.5 Å². The van der Waals surface area contributed by atoms with E-state index in [4.69, 9.17) is 5.73 Å². The molecule has 0 aliphatic carbocycles. The lowest BCUT2D eigenvalue weighted by atomic mass is 10.1. The highest BCUT2D eigenvalue weighted by Gasteiger charge is 2.13. The normalized spacial score (nSPS) is 9.77. The third-order valence-electron chi connectivity index (χ3n) is 1.81. The van der Waals surface area contributed by atoms with Crippen LogP contribution in [0.1, 0.15) is 21.6 Å². The monoisotopic (exact) mass is 180 g/mol. The van der Waals surface area contributed by atoms with Crippen molar-refractivity contribution in [2.45, 2.75) is 13.8 Å². The summed E-state index contributed by atoms with van der Waals surface area (Å²) in [5, 5.41) is 0. The van der Waals surface area contributed by atoms with E-state index in [0.717, 1.165) is 5.56 Å². The number of methoxy groups -OCH3 is 1. The molecule has 0 aliphatic rings. The maximum absolute atomic E-state index is 11.3. The van der Waals surface area contributed by atoms with Crippen LogP contribution in [-0.2, 0) is 4.74 Å². The molecule has 70 valence electrons. The van der Waals surface area contributed by atoms with Gasteiger partial charge in [-0.1, -0.05) is 0 Å². The zero-order valence-corrected chi connectivity index (χ0v) is 7.92. The van der Waals surface area contributed by atoms with E-state index in [2.05, 4.69) is 9.72 Å². The number of nitrogen functional groups attached to an aromatic ring is 1. The van der Waals surface area contributed by atoms with Crippen LogP contribution >= 0.6 is 0 Å². The van der Waals surface area contributed by atoms with E-state index in [1.54, 1.807) is 19.9 Å². The van der Waals surface area contributed by atoms with Gasteiger partial charge in [0.1, 0.15) is 5.82 Å². The number of hydrogen-bond donors (Lipinski definition) is 1. The number of esters is 1. The number of aryl methyl sites for hydroxylation is 2. The number of anilines is 1. The SMILES string of the molecule is COC(=O)c1c(C)cc(N)nc1C. The maximum atomic E-state index is 11.3. The van der Waals surface area contributed by atoms with Gasteiger partial charge in [0.15, 0.2) is 0 Å². The number of hydrogen-bond acceptors (Lipinski definition) is 4. The van der Waals surface area contributed by atoms with E-state index in [1.807, 2.05) is 0 Å². The van der Waals surface area contributed by atoms with Crippen LogP contribution in [0.2, 0.25) is 0 Å². The van der Waals surface area contributed by atoms with Gasteiger partial charge in [0, 0.05) is 0 Å². The largest absolute Gasteiger partial charge is 0.465 e. The number of nitrogens with zero attached hydrogens (tertiary/aromatic N) is 1. The lowest BCUT2D eigenvalue weighted by Gasteiger charge is -2.07. The van der Waals surface area contributed by atoms with Crippen LogP contribution in [0, 0.1) is 13.8 Å². The van der Waals surface area contributed by atoms with E-state index < -0.39 is 0 Å². The molecule has 4 nitrogen and oxygen atoms in total. The number of rotatable bonds is 1. The van der Waals surface area contributed by atoms with Gasteiger partial charge in [0.25, 0.3) is 0 Å². The number of aromatic nitrogens is 1. The first-order valence-electron chi connectivity index (χ1n) is 3.88. The topological polar surface area (TPSA) is 65.2 Å². The minimum absolute atomic E-state index is 0.373. The maximum Gasteiger partial charge on any atom is 0.339 e. The van der Waals surface area contributed by atoms with Gasteiger partial charge in [0.05, 0.1) is 18.4 Å². The molecule has 0 aromatic carbocycles. The first-order chi connectivity index (χ1) is 6.06. The van der Waals surface area contributed by atoms with E-state index >= 15 is 0 Å². The summed E-state index contributed by atoms with van der Waals surface area (Å²) in [5.74, 6) is 0.0464. The summed E-state index contributed by atoms with van der Waals surface area (Å²) < 4.78 is 4.62. The molecule has 0 saturated carbocycles. The Bertz CT molecular complexity index is 324. The number of pyridine rings is 1. The van der Waals surface area contributed by atoms with Crippen LogP contribution in [0.5, 0.6) is 0 Å². The second kappa shape index (κ2) is 3.43. The second-order valence-corrected chi connectivity index (χ2v) is 2.82. The fourth-order valence-electron chi connectivity index (χ4n) is 1.27. The quantitative estimate of drug-likeness (QED) is 0.656. The van der Waals surface area contributed by atoms with Crippen molar-refractivity contribution < 1.29 is 9.53 Å². The summed E-state index contributed by atoms with van der Waals surface area (Å²) in [6.07, 6.45) is 0. The van der Waals surface area contributed by atoms with Gasteiger partial charge in [0.2, 0.25) is 0 Å². The molecule has 13 heavy (non-hydrogen) atoms. The van der Waals surface area contributed by atoms with E-state index in [9.17, 15) is 4.79 Å². The highest BCUT2D eigenvalue weighted by molar-refractivity contribution is 5.92. The Balaban J connectivity index is 3.28. The van der Waals surface area contributed by atoms with Crippen molar-refractivity contribution in [2.75, 3.05) is 12.8 Å². The first kappa shape index (κ1) is 9.51. The Morgan fingerprint density at radius 3 is 2.62 bits per heavy atom. The molecule has 1 rings (SSSR count). The van der Waals surface area contributed by atoms with Gasteiger partial charge < -0.3 is 10.5 Å². The Hall–Kier alpha value is -1.58. The number of carbonyl (C=O) groups is 1. The Kier molecular flexibility index (Phi) is 2.51. The van der Waals surface area contributed by atoms with Crippen molar-refractivity contribution in [1.29, 1.82) is 0 Å². The Morgan fingerprint density at radius 1 is 1.54 bits per heavy atom. The predicted octanol–water partition coefficient (Wildman–Crippen LogP) is 1.07. The summed E-state index contributed by atoms with van der Waals surface area (Å²) in [6.45, 7) is 3.53. The molecule has 0 amide bonds. The molecule has 0 bridgehead atoms. The number of ether oxygens (including phenoxy) is 1. The molecule has 1 heterocycles. The average Bonchev–Trinajstić information content (AvgIpc) is 2.02. The molecular formula is C9H12N2O2. The molecule has 0 fully saturated rings. The van der Waals surface area contributed by atoms with Gasteiger partial charge in [-0.15, -0.1) is 0 Å². The minimum Gasteiger partial charge on any atom is -0.465 e. The van der Waals surface area contributed by atoms with Crippen LogP contribution in [0.3, 0.4) is 0 Å². The second-order valence-electron chi connectivity index (χ2n) is 2.82. The minimum atomic E-state index is -0.373. The number of carbonyl (C=O) groups excluding carboxylic acids is 1. The third-order valence-corrected chi connectivity index (χ3v) is 1.81. The lowest BCUT2D eigenvalue weighted by Crippen LogP contribution is -2.09. The van der Waals surface area contributed by atoms with Crippen LogP contribution in [-0.4, -0.2) is 18.1 Å². The van der Waals surface area contributed by atoms with Gasteiger partial charge in [-0.3, -0.25) is 0 Å². The highest BCUT2D eigenvalue weighted by Crippen LogP contribution is 2.15. The molecule has 0 saturated heterocycles. The van der Waals surface area contributed by atoms with Crippen molar-refractivity contribution in [3.63, 3.8) is 0 Å². The van der Waals surface area contributed by atoms with E-state index in [0.29, 0.717) is 17.1 Å². The zero-order chi connectivity index (χ0) is 10.0. The molecule has 2 N–H and O–H groups in total. The summed E-state index contributed by atoms with van der Waals surface area (Å²) in [5.41, 5.74) is 7.39. The van der Waals surface area contributed by atoms with Crippen LogP contribution < -0.4 is 5.73 Å². The van der Waals surface area contributed by atoms with Crippen LogP contribution in [0.25, 0.3) is 0 Å². The molecule has 0 radical (unpaired) electrons. The van der Waals surface area contributed by atoms with Gasteiger partial charge >= 0.3 is 5.97 Å². The fourth-order valence-corrected chi connectivity index (χ4v) is 1.27. The van der Waals surface area contributed by atoms with Crippen molar-refractivity contribution >= 4 is 11.8 Å². The summed E-state index contributed by atoms with van der Waals surface area (Å²) >= 11 is 0. The molecule has 0 unspecified atom stereocenters. The smallest absolute Gasteiger partial charge is 0.339 e. The van der Waals surface area contributed by atoms with Crippen molar-refractivity contribution in [3.05, 3.63) is 22.9 Å². The third kappa shape index (κ3) is 1.77. The molecule has 1 aromatic rings. The predicted molar refractivity (Wildman–Crippen MR) is 49.5 cm³/mol. The standard InChI is InChI=1S/C9H12N2O2/c1-5-4-7(10)11-6(2)8(5)9(12)13-3/h4H,1-3H3,(H2,10,11). The molecule has 0 atom stereocenters. The molecular weight excluding hydrogens is 168 g/mol. The summed E-state index contributed by atoms with van der Waals surface area (Å²) in [6, 6.07) is 1.65. The highest BCUT2D eigenvalue weighted by atomic mass is 16.5. The Labute approximate surface area is 76.7 Å². The van der Waals surface area contributed by atoms with E-state index in [1.165, 1.54) is 7.11 Å². The number of nitrogens with two attached hydrogens (primary N) is 1. The van der Waals surface area contributed by atoms with Crippen molar-refractivity contribution in [2.24, 2.45) is 0 Å². The molecule has 0 spiro atoms. The first-order valence-corrected chi connectivity index (χ1v) is 3.88. The summed E-state index contributed by atoms with van der Waals surface area (Å²) in [7, 11) is 1.34. The van der Waals surface area contributed by atoms with Crippen molar-refractivity contribution in [1.82, 2.24) is 4.98 Å². The lowest BCUT2D eigenvalue weighted by molar-refractivity contribution is 0.0598. The fraction of sp³-hybridized carbons (Fsp3) is 0.333. The van der Waals surface area contributed by atoms with Crippen molar-refractivity contribution in [3.8, 4) is 0 Å². The summed E-state index contributed by atoms with van der Waals surface area (Å²) in [4.78, 5) is 15.2. The molecule has 4 heteroatoms.